The SMILES string of the molecule is Cc1cc(Cl)cnc1CCCN. The highest BCUT2D eigenvalue weighted by atomic mass is 35.5. The normalized spacial score (nSPS) is 10.2. The van der Waals surface area contributed by atoms with Gasteiger partial charge >= 0.3 is 0 Å². The molecule has 2 nitrogen and oxygen atoms in total. The summed E-state index contributed by atoms with van der Waals surface area (Å²) in [5.74, 6) is 0. The number of rotatable bonds is 3. The smallest absolute Gasteiger partial charge is 0.0592 e. The van der Waals surface area contributed by atoms with Gasteiger partial charge in [-0.25, -0.2) is 0 Å². The summed E-state index contributed by atoms with van der Waals surface area (Å²) in [5, 5.41) is 0.698. The van der Waals surface area contributed by atoms with Crippen molar-refractivity contribution in [1.82, 2.24) is 4.98 Å². The third kappa shape index (κ3) is 2.47. The second-order valence-corrected chi connectivity index (χ2v) is 3.25. The Hall–Kier alpha value is -0.600. The molecule has 12 heavy (non-hydrogen) atoms. The summed E-state index contributed by atoms with van der Waals surface area (Å²) < 4.78 is 0. The number of hydrogen-bond donors (Lipinski definition) is 1. The second-order valence-electron chi connectivity index (χ2n) is 2.81. The molecule has 0 aliphatic heterocycles. The second kappa shape index (κ2) is 4.43. The number of aromatic nitrogens is 1. The summed E-state index contributed by atoms with van der Waals surface area (Å²) in [6.07, 6.45) is 3.61. The van der Waals surface area contributed by atoms with Crippen LogP contribution in [0.4, 0.5) is 0 Å². The predicted octanol–water partition coefficient (Wildman–Crippen LogP) is 1.93. The minimum absolute atomic E-state index is 0.698. The molecule has 3 heteroatoms. The molecule has 0 aliphatic rings. The van der Waals surface area contributed by atoms with Crippen LogP contribution in [-0.2, 0) is 6.42 Å². The van der Waals surface area contributed by atoms with Crippen LogP contribution >= 0.6 is 11.6 Å². The highest BCUT2D eigenvalue weighted by molar-refractivity contribution is 6.30. The lowest BCUT2D eigenvalue weighted by Gasteiger charge is -2.03. The number of halogens is 1. The van der Waals surface area contributed by atoms with E-state index < -0.39 is 0 Å². The van der Waals surface area contributed by atoms with Crippen LogP contribution in [0.15, 0.2) is 12.3 Å². The van der Waals surface area contributed by atoms with Gasteiger partial charge in [0.1, 0.15) is 0 Å². The maximum atomic E-state index is 5.76. The molecule has 0 fully saturated rings. The van der Waals surface area contributed by atoms with Crippen molar-refractivity contribution in [3.05, 3.63) is 28.5 Å². The Morgan fingerprint density at radius 2 is 2.33 bits per heavy atom. The Labute approximate surface area is 77.8 Å². The molecule has 0 atom stereocenters. The number of pyridine rings is 1. The van der Waals surface area contributed by atoms with Gasteiger partial charge in [-0.2, -0.15) is 0 Å². The fraction of sp³-hybridized carbons (Fsp3) is 0.444. The van der Waals surface area contributed by atoms with E-state index in [9.17, 15) is 0 Å². The van der Waals surface area contributed by atoms with E-state index in [-0.39, 0.29) is 0 Å². The van der Waals surface area contributed by atoms with Crippen LogP contribution in [-0.4, -0.2) is 11.5 Å². The van der Waals surface area contributed by atoms with Gasteiger partial charge in [0.2, 0.25) is 0 Å². The molecule has 0 aromatic carbocycles. The fourth-order valence-corrected chi connectivity index (χ4v) is 1.31. The molecule has 0 aliphatic carbocycles. The Morgan fingerprint density at radius 3 is 2.92 bits per heavy atom. The minimum Gasteiger partial charge on any atom is -0.330 e. The third-order valence-corrected chi connectivity index (χ3v) is 1.98. The number of nitrogens with two attached hydrogens (primary N) is 1. The van der Waals surface area contributed by atoms with Crippen LogP contribution in [0.3, 0.4) is 0 Å². The van der Waals surface area contributed by atoms with E-state index in [0.29, 0.717) is 11.6 Å². The van der Waals surface area contributed by atoms with Gasteiger partial charge in [-0.05, 0) is 37.9 Å². The molecule has 1 rings (SSSR count). The van der Waals surface area contributed by atoms with Crippen molar-refractivity contribution in [1.29, 1.82) is 0 Å². The van der Waals surface area contributed by atoms with Crippen molar-refractivity contribution in [2.45, 2.75) is 19.8 Å². The number of hydrogen-bond acceptors (Lipinski definition) is 2. The molecule has 0 saturated heterocycles. The molecule has 0 saturated carbocycles. The first-order valence-electron chi connectivity index (χ1n) is 4.05. The van der Waals surface area contributed by atoms with E-state index in [4.69, 9.17) is 17.3 Å². The van der Waals surface area contributed by atoms with Gasteiger partial charge in [0, 0.05) is 11.9 Å². The molecular weight excluding hydrogens is 172 g/mol. The first-order chi connectivity index (χ1) is 5.74. The summed E-state index contributed by atoms with van der Waals surface area (Å²) in [4.78, 5) is 4.23. The van der Waals surface area contributed by atoms with Crippen LogP contribution in [0.1, 0.15) is 17.7 Å². The van der Waals surface area contributed by atoms with Gasteiger partial charge < -0.3 is 5.73 Å². The number of nitrogens with zero attached hydrogens (tertiary/aromatic N) is 1. The van der Waals surface area contributed by atoms with Gasteiger partial charge in [0.15, 0.2) is 0 Å². The van der Waals surface area contributed by atoms with Crippen molar-refractivity contribution >= 4 is 11.6 Å². The van der Waals surface area contributed by atoms with Crippen LogP contribution in [0.5, 0.6) is 0 Å². The molecule has 66 valence electrons. The monoisotopic (exact) mass is 184 g/mol. The Balaban J connectivity index is 2.72. The van der Waals surface area contributed by atoms with Crippen LogP contribution < -0.4 is 5.73 Å². The van der Waals surface area contributed by atoms with E-state index >= 15 is 0 Å². The molecule has 1 aromatic rings. The van der Waals surface area contributed by atoms with Gasteiger partial charge in [-0.1, -0.05) is 11.6 Å². The Bertz CT molecular complexity index is 261. The average Bonchev–Trinajstić information content (AvgIpc) is 2.03. The van der Waals surface area contributed by atoms with Crippen molar-refractivity contribution in [2.75, 3.05) is 6.54 Å². The van der Waals surface area contributed by atoms with E-state index in [0.717, 1.165) is 24.1 Å². The van der Waals surface area contributed by atoms with E-state index in [2.05, 4.69) is 4.98 Å². The van der Waals surface area contributed by atoms with E-state index in [1.54, 1.807) is 6.20 Å². The first kappa shape index (κ1) is 9.49. The van der Waals surface area contributed by atoms with E-state index in [1.807, 2.05) is 13.0 Å². The van der Waals surface area contributed by atoms with E-state index in [1.165, 1.54) is 0 Å². The topological polar surface area (TPSA) is 38.9 Å². The molecule has 0 spiro atoms. The highest BCUT2D eigenvalue weighted by Gasteiger charge is 1.99. The average molecular weight is 185 g/mol. The summed E-state index contributed by atoms with van der Waals surface area (Å²) in [7, 11) is 0. The Kier molecular flexibility index (Phi) is 3.50. The molecule has 0 amide bonds. The van der Waals surface area contributed by atoms with Gasteiger partial charge in [0.05, 0.1) is 5.02 Å². The van der Waals surface area contributed by atoms with Crippen molar-refractivity contribution in [3.8, 4) is 0 Å². The molecule has 0 bridgehead atoms. The van der Waals surface area contributed by atoms with Crippen LogP contribution in [0, 0.1) is 6.92 Å². The van der Waals surface area contributed by atoms with Crippen molar-refractivity contribution < 1.29 is 0 Å². The molecule has 2 N–H and O–H groups in total. The summed E-state index contributed by atoms with van der Waals surface area (Å²) in [5.41, 5.74) is 7.65. The molecular formula is C9H13ClN2. The summed E-state index contributed by atoms with van der Waals surface area (Å²) >= 11 is 5.76. The summed E-state index contributed by atoms with van der Waals surface area (Å²) in [6, 6.07) is 1.93. The molecule has 1 aromatic heterocycles. The first-order valence-corrected chi connectivity index (χ1v) is 4.43. The quantitative estimate of drug-likeness (QED) is 0.780. The lowest BCUT2D eigenvalue weighted by atomic mass is 10.1. The van der Waals surface area contributed by atoms with Gasteiger partial charge in [-0.15, -0.1) is 0 Å². The standard InChI is InChI=1S/C9H13ClN2/c1-7-5-8(10)6-12-9(7)3-2-4-11/h5-6H,2-4,11H2,1H3. The zero-order chi connectivity index (χ0) is 8.97. The third-order valence-electron chi connectivity index (χ3n) is 1.77. The lowest BCUT2D eigenvalue weighted by Crippen LogP contribution is -2.02. The zero-order valence-electron chi connectivity index (χ0n) is 7.18. The highest BCUT2D eigenvalue weighted by Crippen LogP contribution is 2.12. The summed E-state index contributed by atoms with van der Waals surface area (Å²) in [6.45, 7) is 2.73. The van der Waals surface area contributed by atoms with Crippen molar-refractivity contribution in [3.63, 3.8) is 0 Å². The Morgan fingerprint density at radius 1 is 1.58 bits per heavy atom. The predicted molar refractivity (Wildman–Crippen MR) is 51.4 cm³/mol. The lowest BCUT2D eigenvalue weighted by molar-refractivity contribution is 0.804. The van der Waals surface area contributed by atoms with Crippen LogP contribution in [0.25, 0.3) is 0 Å². The zero-order valence-corrected chi connectivity index (χ0v) is 7.93. The van der Waals surface area contributed by atoms with Gasteiger partial charge in [-0.3, -0.25) is 4.98 Å². The van der Waals surface area contributed by atoms with Crippen molar-refractivity contribution in [2.24, 2.45) is 5.73 Å². The molecule has 0 unspecified atom stereocenters. The molecule has 1 heterocycles. The number of aryl methyl sites for hydroxylation is 2. The fourth-order valence-electron chi connectivity index (χ4n) is 1.10. The largest absolute Gasteiger partial charge is 0.330 e. The molecule has 0 radical (unpaired) electrons. The maximum absolute atomic E-state index is 5.76. The minimum atomic E-state index is 0.698. The maximum Gasteiger partial charge on any atom is 0.0592 e. The van der Waals surface area contributed by atoms with Crippen LogP contribution in [0.2, 0.25) is 5.02 Å². The van der Waals surface area contributed by atoms with Gasteiger partial charge in [0.25, 0.3) is 0 Å².